The molecule has 1 aliphatic heterocycles. The monoisotopic (exact) mass is 445 g/mol. The van der Waals surface area contributed by atoms with E-state index in [1.165, 1.54) is 11.4 Å². The zero-order valence-corrected chi connectivity index (χ0v) is 19.0. The minimum atomic E-state index is -3.53. The van der Waals surface area contributed by atoms with Crippen molar-refractivity contribution < 1.29 is 17.9 Å². The van der Waals surface area contributed by atoms with Gasteiger partial charge in [0.25, 0.3) is 0 Å². The molecule has 8 heteroatoms. The summed E-state index contributed by atoms with van der Waals surface area (Å²) in [6, 6.07) is 15.7. The largest absolute Gasteiger partial charge is 0.490 e. The first-order valence-electron chi connectivity index (χ1n) is 10.6. The number of rotatable bonds is 9. The number of carbonyl (C=O) groups is 1. The van der Waals surface area contributed by atoms with Crippen LogP contribution < -0.4 is 10.1 Å². The van der Waals surface area contributed by atoms with Crippen molar-refractivity contribution in [2.45, 2.75) is 36.7 Å². The summed E-state index contributed by atoms with van der Waals surface area (Å²) in [5.74, 6) is 0.662. The maximum atomic E-state index is 12.5. The van der Waals surface area contributed by atoms with Gasteiger partial charge in [-0.3, -0.25) is 4.79 Å². The number of likely N-dealkylation sites (tertiary alicyclic amines) is 1. The van der Waals surface area contributed by atoms with Gasteiger partial charge in [0.05, 0.1) is 4.90 Å². The van der Waals surface area contributed by atoms with Crippen LogP contribution in [0, 0.1) is 0 Å². The molecule has 0 spiro atoms. The zero-order valence-electron chi connectivity index (χ0n) is 18.2. The third kappa shape index (κ3) is 6.78. The maximum absolute atomic E-state index is 12.5. The van der Waals surface area contributed by atoms with Gasteiger partial charge < -0.3 is 15.0 Å². The highest BCUT2D eigenvalue weighted by molar-refractivity contribution is 7.89. The summed E-state index contributed by atoms with van der Waals surface area (Å²) >= 11 is 0. The van der Waals surface area contributed by atoms with Crippen LogP contribution in [0.2, 0.25) is 0 Å². The second-order valence-corrected chi connectivity index (χ2v) is 9.98. The standard InChI is InChI=1S/C23H31N3O4S/c1-25-17-14-21(15-18-25)30-20-12-10-19(11-13-20)24-23(27)9-6-16-26(2)31(28,29)22-7-4-3-5-8-22/h3-5,7-8,10-13,21H,6,9,14-18H2,1-2H3,(H,24,27). The molecule has 7 nitrogen and oxygen atoms in total. The Hall–Kier alpha value is -2.42. The van der Waals surface area contributed by atoms with Gasteiger partial charge in [-0.25, -0.2) is 12.7 Å². The summed E-state index contributed by atoms with van der Waals surface area (Å²) in [4.78, 5) is 14.8. The molecule has 1 heterocycles. The Morgan fingerprint density at radius 3 is 2.39 bits per heavy atom. The molecule has 1 aliphatic rings. The van der Waals surface area contributed by atoms with Crippen LogP contribution in [-0.2, 0) is 14.8 Å². The SMILES string of the molecule is CN1CCC(Oc2ccc(NC(=O)CCCN(C)S(=O)(=O)c3ccccc3)cc2)CC1. The minimum absolute atomic E-state index is 0.144. The van der Waals surface area contributed by atoms with Gasteiger partial charge in [-0.2, -0.15) is 0 Å². The van der Waals surface area contributed by atoms with Gasteiger partial charge in [0.2, 0.25) is 15.9 Å². The molecule has 0 aromatic heterocycles. The summed E-state index contributed by atoms with van der Waals surface area (Å²) in [7, 11) is 0.119. The summed E-state index contributed by atoms with van der Waals surface area (Å²) in [6.07, 6.45) is 2.95. The molecule has 1 N–H and O–H groups in total. The third-order valence-corrected chi connectivity index (χ3v) is 7.31. The smallest absolute Gasteiger partial charge is 0.242 e. The molecule has 168 valence electrons. The number of carbonyl (C=O) groups excluding carboxylic acids is 1. The Kier molecular flexibility index (Phi) is 8.06. The van der Waals surface area contributed by atoms with Crippen molar-refractivity contribution >= 4 is 21.6 Å². The number of ether oxygens (including phenoxy) is 1. The first-order chi connectivity index (χ1) is 14.8. The summed E-state index contributed by atoms with van der Waals surface area (Å²) < 4.78 is 32.3. The van der Waals surface area contributed by atoms with E-state index in [4.69, 9.17) is 4.74 Å². The summed E-state index contributed by atoms with van der Waals surface area (Å²) in [5, 5.41) is 2.85. The lowest BCUT2D eigenvalue weighted by atomic mass is 10.1. The molecule has 0 atom stereocenters. The van der Waals surface area contributed by atoms with Crippen molar-refractivity contribution in [3.8, 4) is 5.75 Å². The lowest BCUT2D eigenvalue weighted by Crippen LogP contribution is -2.35. The number of nitrogens with zero attached hydrogens (tertiary/aromatic N) is 2. The van der Waals surface area contributed by atoms with Gasteiger partial charge in [-0.05, 0) is 62.7 Å². The van der Waals surface area contributed by atoms with Gasteiger partial charge in [-0.15, -0.1) is 0 Å². The first kappa shape index (κ1) is 23.2. The number of hydrogen-bond acceptors (Lipinski definition) is 5. The van der Waals surface area contributed by atoms with E-state index in [9.17, 15) is 13.2 Å². The fraction of sp³-hybridized carbons (Fsp3) is 0.435. The Morgan fingerprint density at radius 2 is 1.74 bits per heavy atom. The van der Waals surface area contributed by atoms with Gasteiger partial charge in [0.1, 0.15) is 11.9 Å². The van der Waals surface area contributed by atoms with Crippen LogP contribution in [0.4, 0.5) is 5.69 Å². The summed E-state index contributed by atoms with van der Waals surface area (Å²) in [6.45, 7) is 2.36. The highest BCUT2D eigenvalue weighted by atomic mass is 32.2. The number of hydrogen-bond donors (Lipinski definition) is 1. The van der Waals surface area contributed by atoms with E-state index >= 15 is 0 Å². The quantitative estimate of drug-likeness (QED) is 0.641. The van der Waals surface area contributed by atoms with Crippen molar-refractivity contribution in [1.82, 2.24) is 9.21 Å². The Labute approximate surface area is 185 Å². The van der Waals surface area contributed by atoms with E-state index in [2.05, 4.69) is 17.3 Å². The second kappa shape index (κ2) is 10.7. The number of sulfonamides is 1. The van der Waals surface area contributed by atoms with Crippen molar-refractivity contribution in [2.75, 3.05) is 39.0 Å². The molecule has 2 aromatic rings. The van der Waals surface area contributed by atoms with Crippen LogP contribution in [0.25, 0.3) is 0 Å². The van der Waals surface area contributed by atoms with Crippen LogP contribution >= 0.6 is 0 Å². The Morgan fingerprint density at radius 1 is 1.10 bits per heavy atom. The molecule has 1 saturated heterocycles. The highest BCUT2D eigenvalue weighted by Crippen LogP contribution is 2.21. The topological polar surface area (TPSA) is 79.0 Å². The van der Waals surface area contributed by atoms with E-state index in [0.29, 0.717) is 12.1 Å². The second-order valence-electron chi connectivity index (χ2n) is 7.94. The zero-order chi connectivity index (χ0) is 22.3. The third-order valence-electron chi connectivity index (χ3n) is 5.43. The predicted octanol–water partition coefficient (Wildman–Crippen LogP) is 3.20. The van der Waals surface area contributed by atoms with E-state index < -0.39 is 10.0 Å². The fourth-order valence-electron chi connectivity index (χ4n) is 3.49. The van der Waals surface area contributed by atoms with Crippen LogP contribution in [-0.4, -0.2) is 63.4 Å². The van der Waals surface area contributed by atoms with E-state index in [1.54, 1.807) is 30.3 Å². The Bertz CT molecular complexity index is 941. The molecule has 0 radical (unpaired) electrons. The minimum Gasteiger partial charge on any atom is -0.490 e. The summed E-state index contributed by atoms with van der Waals surface area (Å²) in [5.41, 5.74) is 0.700. The van der Waals surface area contributed by atoms with Crippen LogP contribution in [0.5, 0.6) is 5.75 Å². The van der Waals surface area contributed by atoms with Gasteiger partial charge in [-0.1, -0.05) is 18.2 Å². The molecule has 0 unspecified atom stereocenters. The lowest BCUT2D eigenvalue weighted by molar-refractivity contribution is -0.116. The van der Waals surface area contributed by atoms with Crippen molar-refractivity contribution in [3.63, 3.8) is 0 Å². The number of amides is 1. The van der Waals surface area contributed by atoms with Crippen LogP contribution in [0.1, 0.15) is 25.7 Å². The predicted molar refractivity (Wildman–Crippen MR) is 122 cm³/mol. The normalized spacial score (nSPS) is 15.7. The highest BCUT2D eigenvalue weighted by Gasteiger charge is 2.20. The van der Waals surface area contributed by atoms with Crippen molar-refractivity contribution in [3.05, 3.63) is 54.6 Å². The van der Waals surface area contributed by atoms with Gasteiger partial charge in [0, 0.05) is 38.8 Å². The number of nitrogens with one attached hydrogen (secondary N) is 1. The molecular formula is C23H31N3O4S. The van der Waals surface area contributed by atoms with E-state index in [1.807, 2.05) is 24.3 Å². The molecular weight excluding hydrogens is 414 g/mol. The maximum Gasteiger partial charge on any atom is 0.242 e. The number of piperidine rings is 1. The average Bonchev–Trinajstić information content (AvgIpc) is 2.77. The molecule has 3 rings (SSSR count). The molecule has 0 aliphatic carbocycles. The van der Waals surface area contributed by atoms with Gasteiger partial charge >= 0.3 is 0 Å². The molecule has 31 heavy (non-hydrogen) atoms. The van der Waals surface area contributed by atoms with Gasteiger partial charge in [0.15, 0.2) is 0 Å². The Balaban J connectivity index is 1.41. The number of benzene rings is 2. The van der Waals surface area contributed by atoms with E-state index in [0.717, 1.165) is 31.7 Å². The fourth-order valence-corrected chi connectivity index (χ4v) is 4.72. The van der Waals surface area contributed by atoms with Crippen LogP contribution in [0.3, 0.4) is 0 Å². The van der Waals surface area contributed by atoms with E-state index in [-0.39, 0.29) is 29.9 Å². The molecule has 0 bridgehead atoms. The average molecular weight is 446 g/mol. The molecule has 0 saturated carbocycles. The number of anilines is 1. The molecule has 1 amide bonds. The van der Waals surface area contributed by atoms with Crippen molar-refractivity contribution in [2.24, 2.45) is 0 Å². The first-order valence-corrected chi connectivity index (χ1v) is 12.0. The lowest BCUT2D eigenvalue weighted by Gasteiger charge is -2.29. The molecule has 2 aromatic carbocycles. The van der Waals surface area contributed by atoms with Crippen LogP contribution in [0.15, 0.2) is 59.5 Å². The molecule has 1 fully saturated rings. The van der Waals surface area contributed by atoms with Crippen molar-refractivity contribution in [1.29, 1.82) is 0 Å².